The Morgan fingerprint density at radius 3 is 2.31 bits per heavy atom. The van der Waals surface area contributed by atoms with E-state index in [1.807, 2.05) is 0 Å². The normalized spacial score (nSPS) is 11.5. The van der Waals surface area contributed by atoms with Crippen molar-refractivity contribution in [2.24, 2.45) is 0 Å². The van der Waals surface area contributed by atoms with E-state index in [4.69, 9.17) is 14.6 Å². The predicted octanol–water partition coefficient (Wildman–Crippen LogP) is 4.46. The molecule has 7 nitrogen and oxygen atoms in total. The van der Waals surface area contributed by atoms with Gasteiger partial charge in [0.05, 0.1) is 12.9 Å². The summed E-state index contributed by atoms with van der Waals surface area (Å²) in [5, 5.41) is 9.07. The first-order valence-electron chi connectivity index (χ1n) is 10.7. The van der Waals surface area contributed by atoms with E-state index in [0.717, 1.165) is 4.31 Å². The fraction of sp³-hybridized carbons (Fsp3) is 0.240. The molecule has 0 fully saturated rings. The van der Waals surface area contributed by atoms with Gasteiger partial charge in [-0.2, -0.15) is 4.31 Å². The summed E-state index contributed by atoms with van der Waals surface area (Å²) in [5.74, 6) is -2.24. The van der Waals surface area contributed by atoms with Crippen molar-refractivity contribution in [1.82, 2.24) is 4.31 Å². The van der Waals surface area contributed by atoms with Gasteiger partial charge in [-0.25, -0.2) is 17.2 Å². The van der Waals surface area contributed by atoms with Gasteiger partial charge in [-0.05, 0) is 41.8 Å². The SMILES string of the molecule is CCS(=O)(=O)N(CC(=O)O)Cc1cccc(COc2cc(OC)c(-c3ccc(F)cc3)cc2F)c1. The quantitative estimate of drug-likeness (QED) is 0.414. The molecule has 1 N–H and O–H groups in total. The topological polar surface area (TPSA) is 93.1 Å². The highest BCUT2D eigenvalue weighted by molar-refractivity contribution is 7.89. The molecule has 0 aromatic heterocycles. The van der Waals surface area contributed by atoms with Gasteiger partial charge in [0.15, 0.2) is 11.6 Å². The molecule has 0 bridgehead atoms. The number of benzene rings is 3. The number of carbonyl (C=O) groups is 1. The van der Waals surface area contributed by atoms with E-state index in [1.54, 1.807) is 24.3 Å². The van der Waals surface area contributed by atoms with Gasteiger partial charge in [0, 0.05) is 18.2 Å². The first kappa shape index (κ1) is 26.1. The molecule has 0 amide bonds. The number of carboxylic acid groups (broad SMARTS) is 1. The zero-order chi connectivity index (χ0) is 25.6. The third kappa shape index (κ3) is 6.77. The second kappa shape index (κ2) is 11.3. The number of carboxylic acids is 1. The number of nitrogens with zero attached hydrogens (tertiary/aromatic N) is 1. The standard InChI is InChI=1S/C25H25F2NO6S/c1-3-35(31,32)28(15-25(29)30)14-17-5-4-6-18(11-17)16-34-24-13-23(33-2)21(12-22(24)27)19-7-9-20(26)10-8-19/h4-13H,3,14-16H2,1-2H3,(H,29,30). The Labute approximate surface area is 202 Å². The van der Waals surface area contributed by atoms with Crippen LogP contribution in [0.1, 0.15) is 18.1 Å². The minimum absolute atomic E-state index is 0.0245. The van der Waals surface area contributed by atoms with Crippen LogP contribution in [0, 0.1) is 11.6 Å². The Balaban J connectivity index is 1.78. The summed E-state index contributed by atoms with van der Waals surface area (Å²) in [6.07, 6.45) is 0. The van der Waals surface area contributed by atoms with Crippen molar-refractivity contribution in [3.05, 3.63) is 83.4 Å². The summed E-state index contributed by atoms with van der Waals surface area (Å²) in [4.78, 5) is 11.1. The largest absolute Gasteiger partial charge is 0.496 e. The molecule has 0 atom stereocenters. The van der Waals surface area contributed by atoms with Gasteiger partial charge < -0.3 is 14.6 Å². The summed E-state index contributed by atoms with van der Waals surface area (Å²) in [6.45, 7) is 0.648. The molecule has 0 spiro atoms. The lowest BCUT2D eigenvalue weighted by Gasteiger charge is -2.20. The summed E-state index contributed by atoms with van der Waals surface area (Å²) in [7, 11) is -2.30. The summed E-state index contributed by atoms with van der Waals surface area (Å²) >= 11 is 0. The van der Waals surface area contributed by atoms with Crippen LogP contribution >= 0.6 is 0 Å². The summed E-state index contributed by atoms with van der Waals surface area (Å²) < 4.78 is 64.4. The number of hydrogen-bond acceptors (Lipinski definition) is 5. The maximum Gasteiger partial charge on any atom is 0.318 e. The fourth-order valence-electron chi connectivity index (χ4n) is 3.44. The Hall–Kier alpha value is -3.50. The highest BCUT2D eigenvalue weighted by atomic mass is 32.2. The molecule has 0 radical (unpaired) electrons. The highest BCUT2D eigenvalue weighted by Gasteiger charge is 2.23. The van der Waals surface area contributed by atoms with Gasteiger partial charge >= 0.3 is 5.97 Å². The Morgan fingerprint density at radius 2 is 1.69 bits per heavy atom. The van der Waals surface area contributed by atoms with Crippen LogP contribution in [0.4, 0.5) is 8.78 Å². The number of halogens is 2. The number of rotatable bonds is 11. The van der Waals surface area contributed by atoms with E-state index >= 15 is 0 Å². The van der Waals surface area contributed by atoms with Gasteiger partial charge in [0.25, 0.3) is 0 Å². The average molecular weight is 506 g/mol. The van der Waals surface area contributed by atoms with Crippen molar-refractivity contribution in [3.8, 4) is 22.6 Å². The molecule has 0 aliphatic carbocycles. The van der Waals surface area contributed by atoms with E-state index in [9.17, 15) is 22.0 Å². The van der Waals surface area contributed by atoms with Crippen LogP contribution in [-0.4, -0.2) is 43.2 Å². The van der Waals surface area contributed by atoms with Crippen molar-refractivity contribution in [3.63, 3.8) is 0 Å². The van der Waals surface area contributed by atoms with Crippen molar-refractivity contribution >= 4 is 16.0 Å². The lowest BCUT2D eigenvalue weighted by Crippen LogP contribution is -2.36. The third-order valence-electron chi connectivity index (χ3n) is 5.22. The second-order valence-electron chi connectivity index (χ2n) is 7.66. The first-order chi connectivity index (χ1) is 16.6. The highest BCUT2D eigenvalue weighted by Crippen LogP contribution is 2.35. The van der Waals surface area contributed by atoms with Gasteiger partial charge in [0.2, 0.25) is 10.0 Å². The molecule has 3 rings (SSSR count). The molecular weight excluding hydrogens is 480 g/mol. The molecule has 0 saturated carbocycles. The molecule has 0 unspecified atom stereocenters. The number of sulfonamides is 1. The lowest BCUT2D eigenvalue weighted by molar-refractivity contribution is -0.137. The van der Waals surface area contributed by atoms with Crippen molar-refractivity contribution in [1.29, 1.82) is 0 Å². The molecule has 35 heavy (non-hydrogen) atoms. The Morgan fingerprint density at radius 1 is 1.00 bits per heavy atom. The summed E-state index contributed by atoms with van der Waals surface area (Å²) in [5.41, 5.74) is 2.21. The minimum atomic E-state index is -3.73. The Bertz CT molecular complexity index is 1300. The second-order valence-corrected chi connectivity index (χ2v) is 9.92. The van der Waals surface area contributed by atoms with Crippen LogP contribution in [0.15, 0.2) is 60.7 Å². The molecule has 10 heteroatoms. The van der Waals surface area contributed by atoms with Crippen LogP contribution in [0.5, 0.6) is 11.5 Å². The van der Waals surface area contributed by atoms with Gasteiger partial charge in [-0.3, -0.25) is 4.79 Å². The molecule has 0 aliphatic rings. The van der Waals surface area contributed by atoms with Gasteiger partial charge in [-0.1, -0.05) is 36.4 Å². The molecule has 0 heterocycles. The van der Waals surface area contributed by atoms with Crippen molar-refractivity contribution in [2.75, 3.05) is 19.4 Å². The zero-order valence-electron chi connectivity index (χ0n) is 19.2. The van der Waals surface area contributed by atoms with Gasteiger partial charge in [0.1, 0.15) is 24.7 Å². The number of hydrogen-bond donors (Lipinski definition) is 1. The van der Waals surface area contributed by atoms with Crippen molar-refractivity contribution in [2.45, 2.75) is 20.1 Å². The van der Waals surface area contributed by atoms with E-state index in [1.165, 1.54) is 50.4 Å². The molecule has 0 aliphatic heterocycles. The fourth-order valence-corrected chi connectivity index (χ4v) is 4.46. The Kier molecular flexibility index (Phi) is 8.42. The maximum atomic E-state index is 14.8. The zero-order valence-corrected chi connectivity index (χ0v) is 20.0. The van der Waals surface area contributed by atoms with E-state index in [0.29, 0.717) is 28.0 Å². The smallest absolute Gasteiger partial charge is 0.318 e. The average Bonchev–Trinajstić information content (AvgIpc) is 2.83. The summed E-state index contributed by atoms with van der Waals surface area (Å²) in [6, 6.07) is 15.0. The van der Waals surface area contributed by atoms with E-state index in [2.05, 4.69) is 0 Å². The number of methoxy groups -OCH3 is 1. The molecular formula is C25H25F2NO6S. The van der Waals surface area contributed by atoms with Crippen LogP contribution in [0.25, 0.3) is 11.1 Å². The molecule has 0 saturated heterocycles. The maximum absolute atomic E-state index is 14.8. The molecule has 3 aromatic rings. The van der Waals surface area contributed by atoms with Crippen LogP contribution < -0.4 is 9.47 Å². The lowest BCUT2D eigenvalue weighted by atomic mass is 10.0. The third-order valence-corrected chi connectivity index (χ3v) is 7.00. The van der Waals surface area contributed by atoms with E-state index < -0.39 is 34.2 Å². The molecule has 3 aromatic carbocycles. The van der Waals surface area contributed by atoms with Crippen LogP contribution in [-0.2, 0) is 28.0 Å². The monoisotopic (exact) mass is 505 g/mol. The molecule has 186 valence electrons. The number of aliphatic carboxylic acids is 1. The first-order valence-corrected chi connectivity index (χ1v) is 12.3. The van der Waals surface area contributed by atoms with Gasteiger partial charge in [-0.15, -0.1) is 0 Å². The predicted molar refractivity (Wildman–Crippen MR) is 127 cm³/mol. The number of ether oxygens (including phenoxy) is 2. The van der Waals surface area contributed by atoms with Crippen LogP contribution in [0.3, 0.4) is 0 Å². The van der Waals surface area contributed by atoms with Crippen LogP contribution in [0.2, 0.25) is 0 Å². The minimum Gasteiger partial charge on any atom is -0.496 e. The van der Waals surface area contributed by atoms with Crippen molar-refractivity contribution < 1.29 is 36.6 Å². The van der Waals surface area contributed by atoms with E-state index in [-0.39, 0.29) is 24.7 Å².